The number of benzene rings is 1. The van der Waals surface area contributed by atoms with Gasteiger partial charge in [-0.1, -0.05) is 43.3 Å². The maximum Gasteiger partial charge on any atom is 0.408 e. The fraction of sp³-hybridized carbons (Fsp3) is 0.485. The molecule has 0 radical (unpaired) electrons. The van der Waals surface area contributed by atoms with Crippen LogP contribution in [0.4, 0.5) is 16.4 Å². The summed E-state index contributed by atoms with van der Waals surface area (Å²) in [4.78, 5) is 41.7. The van der Waals surface area contributed by atoms with Gasteiger partial charge in [0.1, 0.15) is 36.2 Å². The van der Waals surface area contributed by atoms with E-state index in [0.717, 1.165) is 67.4 Å². The third-order valence-electron chi connectivity index (χ3n) is 7.38. The van der Waals surface area contributed by atoms with Crippen LogP contribution in [-0.4, -0.2) is 58.3 Å². The number of carbonyl (C=O) groups excluding carboxylic acids is 2. The monoisotopic (exact) mass is 588 g/mol. The van der Waals surface area contributed by atoms with Crippen molar-refractivity contribution in [2.45, 2.75) is 78.0 Å². The van der Waals surface area contributed by atoms with Crippen LogP contribution >= 0.6 is 0 Å². The van der Waals surface area contributed by atoms with E-state index in [2.05, 4.69) is 37.4 Å². The highest BCUT2D eigenvalue weighted by Crippen LogP contribution is 2.27. The van der Waals surface area contributed by atoms with Crippen molar-refractivity contribution in [2.24, 2.45) is 5.92 Å². The van der Waals surface area contributed by atoms with Gasteiger partial charge >= 0.3 is 12.1 Å². The van der Waals surface area contributed by atoms with E-state index < -0.39 is 23.7 Å². The van der Waals surface area contributed by atoms with Gasteiger partial charge in [-0.2, -0.15) is 0 Å². The molecule has 2 N–H and O–H groups in total. The molecule has 0 unspecified atom stereocenters. The molecule has 0 saturated carbocycles. The number of nitrogens with zero attached hydrogens (tertiary/aromatic N) is 4. The molecule has 0 aliphatic carbocycles. The van der Waals surface area contributed by atoms with E-state index in [4.69, 9.17) is 9.47 Å². The van der Waals surface area contributed by atoms with E-state index >= 15 is 0 Å². The van der Waals surface area contributed by atoms with Gasteiger partial charge in [-0.05, 0) is 76.5 Å². The second kappa shape index (κ2) is 15.3. The Kier molecular flexibility index (Phi) is 11.3. The summed E-state index contributed by atoms with van der Waals surface area (Å²) in [5, 5.41) is 6.17. The quantitative estimate of drug-likeness (QED) is 0.271. The van der Waals surface area contributed by atoms with Crippen LogP contribution in [0.3, 0.4) is 0 Å². The number of nitrogens with one attached hydrogen (secondary N) is 2. The SMILES string of the molecule is CCc1c(CC[C@H](NC(=O)OCc2ccccc2)C(=O)OC(C)(C)C)ncnc1N1CCC(CNc2ccccn2)CC1. The predicted molar refractivity (Wildman–Crippen MR) is 167 cm³/mol. The molecule has 2 aromatic heterocycles. The molecule has 1 amide bonds. The number of piperidine rings is 1. The molecular formula is C33H44N6O4. The summed E-state index contributed by atoms with van der Waals surface area (Å²) in [6.45, 7) is 10.3. The number of esters is 1. The van der Waals surface area contributed by atoms with Gasteiger partial charge in [0, 0.05) is 37.1 Å². The number of rotatable bonds is 12. The van der Waals surface area contributed by atoms with Crippen LogP contribution in [0.25, 0.3) is 0 Å². The van der Waals surface area contributed by atoms with E-state index in [-0.39, 0.29) is 6.61 Å². The maximum absolute atomic E-state index is 13.1. The van der Waals surface area contributed by atoms with Crippen LogP contribution in [-0.2, 0) is 33.7 Å². The lowest BCUT2D eigenvalue weighted by Gasteiger charge is -2.34. The van der Waals surface area contributed by atoms with Gasteiger partial charge in [0.2, 0.25) is 0 Å². The summed E-state index contributed by atoms with van der Waals surface area (Å²) in [6, 6.07) is 14.4. The topological polar surface area (TPSA) is 119 Å². The van der Waals surface area contributed by atoms with Crippen LogP contribution in [0.2, 0.25) is 0 Å². The van der Waals surface area contributed by atoms with Crippen molar-refractivity contribution >= 4 is 23.7 Å². The lowest BCUT2D eigenvalue weighted by molar-refractivity contribution is -0.157. The first-order valence-corrected chi connectivity index (χ1v) is 15.1. The molecule has 1 aliphatic rings. The molecule has 1 fully saturated rings. The summed E-state index contributed by atoms with van der Waals surface area (Å²) >= 11 is 0. The van der Waals surface area contributed by atoms with E-state index in [1.165, 1.54) is 0 Å². The molecule has 230 valence electrons. The molecule has 10 nitrogen and oxygen atoms in total. The number of amides is 1. The van der Waals surface area contributed by atoms with E-state index in [0.29, 0.717) is 18.8 Å². The highest BCUT2D eigenvalue weighted by molar-refractivity contribution is 5.81. The van der Waals surface area contributed by atoms with Gasteiger partial charge in [0.05, 0.1) is 0 Å². The molecule has 1 atom stereocenters. The van der Waals surface area contributed by atoms with E-state index in [1.54, 1.807) is 33.3 Å². The van der Waals surface area contributed by atoms with Crippen LogP contribution < -0.4 is 15.5 Å². The fourth-order valence-corrected chi connectivity index (χ4v) is 5.16. The summed E-state index contributed by atoms with van der Waals surface area (Å²) in [7, 11) is 0. The first-order chi connectivity index (χ1) is 20.7. The number of hydrogen-bond donors (Lipinski definition) is 2. The summed E-state index contributed by atoms with van der Waals surface area (Å²) in [5.74, 6) is 1.92. The van der Waals surface area contributed by atoms with Crippen molar-refractivity contribution in [3.8, 4) is 0 Å². The predicted octanol–water partition coefficient (Wildman–Crippen LogP) is 5.33. The third-order valence-corrected chi connectivity index (χ3v) is 7.38. The van der Waals surface area contributed by atoms with Gasteiger partial charge < -0.3 is 25.0 Å². The number of carbonyl (C=O) groups is 2. The number of pyridine rings is 1. The van der Waals surface area contributed by atoms with Crippen molar-refractivity contribution in [1.29, 1.82) is 0 Å². The summed E-state index contributed by atoms with van der Waals surface area (Å²) in [6.07, 6.45) is 6.40. The fourth-order valence-electron chi connectivity index (χ4n) is 5.16. The lowest BCUT2D eigenvalue weighted by Crippen LogP contribution is -2.44. The van der Waals surface area contributed by atoms with Gasteiger partial charge in [-0.15, -0.1) is 0 Å². The number of anilines is 2. The normalized spacial score (nSPS) is 14.6. The molecule has 43 heavy (non-hydrogen) atoms. The van der Waals surface area contributed by atoms with Crippen LogP contribution in [0.5, 0.6) is 0 Å². The number of aromatic nitrogens is 3. The summed E-state index contributed by atoms with van der Waals surface area (Å²) in [5.41, 5.74) is 2.11. The Bertz CT molecular complexity index is 1310. The Hall–Kier alpha value is -4.21. The highest BCUT2D eigenvalue weighted by Gasteiger charge is 2.28. The molecule has 3 heterocycles. The average molecular weight is 589 g/mol. The Morgan fingerprint density at radius 2 is 1.77 bits per heavy atom. The zero-order valence-corrected chi connectivity index (χ0v) is 25.7. The van der Waals surface area contributed by atoms with Gasteiger partial charge in [0.25, 0.3) is 0 Å². The Morgan fingerprint density at radius 1 is 1.02 bits per heavy atom. The summed E-state index contributed by atoms with van der Waals surface area (Å²) < 4.78 is 11.0. The molecule has 1 aliphatic heterocycles. The first kappa shape index (κ1) is 31.7. The maximum atomic E-state index is 13.1. The van der Waals surface area contributed by atoms with Crippen LogP contribution in [0.1, 0.15) is 63.8 Å². The minimum Gasteiger partial charge on any atom is -0.458 e. The average Bonchev–Trinajstić information content (AvgIpc) is 3.01. The minimum atomic E-state index is -0.882. The third kappa shape index (κ3) is 9.94. The molecule has 10 heteroatoms. The molecular weight excluding hydrogens is 544 g/mol. The molecule has 3 aromatic rings. The van der Waals surface area contributed by atoms with E-state index in [1.807, 2.05) is 48.5 Å². The van der Waals surface area contributed by atoms with Gasteiger partial charge in [-0.25, -0.2) is 24.5 Å². The van der Waals surface area contributed by atoms with Crippen LogP contribution in [0.15, 0.2) is 61.1 Å². The standard InChI is InChI=1S/C33H44N6O4/c1-5-26-27(36-23-37-30(26)39-19-16-24(17-20-39)21-35-29-13-9-10-18-34-29)14-15-28(31(40)43-33(2,3)4)38-32(41)42-22-25-11-7-6-8-12-25/h6-13,18,23-24,28H,5,14-17,19-22H2,1-4H3,(H,34,35)(H,38,41)/t28-/m0/s1. The van der Waals surface area contributed by atoms with Crippen molar-refractivity contribution in [3.05, 3.63) is 77.9 Å². The Balaban J connectivity index is 1.37. The number of hydrogen-bond acceptors (Lipinski definition) is 9. The molecule has 1 aromatic carbocycles. The molecule has 1 saturated heterocycles. The van der Waals surface area contributed by atoms with Crippen molar-refractivity contribution in [2.75, 3.05) is 29.9 Å². The van der Waals surface area contributed by atoms with Crippen molar-refractivity contribution in [1.82, 2.24) is 20.3 Å². The zero-order valence-electron chi connectivity index (χ0n) is 25.7. The number of ether oxygens (including phenoxy) is 2. The number of alkyl carbamates (subject to hydrolysis) is 1. The lowest BCUT2D eigenvalue weighted by atomic mass is 9.96. The first-order valence-electron chi connectivity index (χ1n) is 15.1. The van der Waals surface area contributed by atoms with Crippen molar-refractivity contribution < 1.29 is 19.1 Å². The minimum absolute atomic E-state index is 0.110. The molecule has 0 bridgehead atoms. The smallest absolute Gasteiger partial charge is 0.408 e. The zero-order chi connectivity index (χ0) is 30.7. The van der Waals surface area contributed by atoms with Gasteiger partial charge in [0.15, 0.2) is 0 Å². The van der Waals surface area contributed by atoms with Gasteiger partial charge in [-0.3, -0.25) is 0 Å². The second-order valence-electron chi connectivity index (χ2n) is 11.8. The Labute approximate surface area is 254 Å². The molecule has 4 rings (SSSR count). The number of aryl methyl sites for hydroxylation is 1. The molecule has 0 spiro atoms. The van der Waals surface area contributed by atoms with Crippen LogP contribution in [0, 0.1) is 5.92 Å². The van der Waals surface area contributed by atoms with Crippen molar-refractivity contribution in [3.63, 3.8) is 0 Å². The Morgan fingerprint density at radius 3 is 2.44 bits per heavy atom. The second-order valence-corrected chi connectivity index (χ2v) is 11.8. The largest absolute Gasteiger partial charge is 0.458 e. The highest BCUT2D eigenvalue weighted by atomic mass is 16.6. The van der Waals surface area contributed by atoms with E-state index in [9.17, 15) is 9.59 Å².